The van der Waals surface area contributed by atoms with Crippen LogP contribution in [0, 0.1) is 0 Å². The van der Waals surface area contributed by atoms with E-state index in [0.29, 0.717) is 27.7 Å². The number of fused-ring (bicyclic) bond motifs is 2. The summed E-state index contributed by atoms with van der Waals surface area (Å²) in [5.74, 6) is -0.0425. The van der Waals surface area contributed by atoms with Crippen LogP contribution in [0.1, 0.15) is 13.8 Å². The van der Waals surface area contributed by atoms with Crippen molar-refractivity contribution in [3.63, 3.8) is 0 Å². The molecule has 1 unspecified atom stereocenters. The van der Waals surface area contributed by atoms with Gasteiger partial charge in [0, 0.05) is 12.1 Å². The third-order valence-corrected chi connectivity index (χ3v) is 3.22. The van der Waals surface area contributed by atoms with E-state index in [9.17, 15) is 9.59 Å². The largest absolute Gasteiger partial charge is 0.477 e. The summed E-state index contributed by atoms with van der Waals surface area (Å²) in [6.45, 7) is 3.60. The number of carbonyl (C=O) groups excluding carboxylic acids is 1. The number of hydrogen-bond donors (Lipinski definition) is 0. The standard InChI is InChI=1S/C16H14O6/c1-3-19-16(18)9(2)21-15-10-4-5-14(17)22-13(10)8-12-11(15)6-7-20-12/h4-9H,3H2,1-2H3. The molecule has 0 saturated carbocycles. The van der Waals surface area contributed by atoms with Gasteiger partial charge in [0.25, 0.3) is 0 Å². The first kappa shape index (κ1) is 14.2. The highest BCUT2D eigenvalue weighted by atomic mass is 16.6. The van der Waals surface area contributed by atoms with Crippen LogP contribution in [0.25, 0.3) is 21.9 Å². The van der Waals surface area contributed by atoms with Crippen LogP contribution in [0.15, 0.2) is 44.2 Å². The second-order valence-corrected chi connectivity index (χ2v) is 4.72. The molecule has 0 aliphatic heterocycles. The maximum Gasteiger partial charge on any atom is 0.347 e. The molecular weight excluding hydrogens is 288 g/mol. The molecule has 0 radical (unpaired) electrons. The minimum absolute atomic E-state index is 0.276. The zero-order valence-electron chi connectivity index (χ0n) is 12.1. The molecule has 0 saturated heterocycles. The van der Waals surface area contributed by atoms with Gasteiger partial charge in [0.1, 0.15) is 16.9 Å². The van der Waals surface area contributed by atoms with Crippen LogP contribution in [0.3, 0.4) is 0 Å². The highest BCUT2D eigenvalue weighted by molar-refractivity contribution is 6.01. The molecule has 6 heteroatoms. The summed E-state index contributed by atoms with van der Waals surface area (Å²) in [4.78, 5) is 23.1. The van der Waals surface area contributed by atoms with Gasteiger partial charge < -0.3 is 18.3 Å². The van der Waals surface area contributed by atoms with Gasteiger partial charge in [0.2, 0.25) is 0 Å². The van der Waals surface area contributed by atoms with E-state index in [-0.39, 0.29) is 6.61 Å². The van der Waals surface area contributed by atoms with Crippen molar-refractivity contribution in [2.24, 2.45) is 0 Å². The third-order valence-electron chi connectivity index (χ3n) is 3.22. The number of benzene rings is 1. The van der Waals surface area contributed by atoms with E-state index < -0.39 is 17.7 Å². The maximum absolute atomic E-state index is 11.8. The summed E-state index contributed by atoms with van der Waals surface area (Å²) in [7, 11) is 0. The molecule has 0 fully saturated rings. The Bertz CT molecular complexity index is 888. The van der Waals surface area contributed by atoms with Gasteiger partial charge in [-0.05, 0) is 26.0 Å². The SMILES string of the molecule is CCOC(=O)C(C)Oc1c2ccoc2cc2oc(=O)ccc12. The molecule has 6 nitrogen and oxygen atoms in total. The van der Waals surface area contributed by atoms with E-state index in [4.69, 9.17) is 18.3 Å². The fourth-order valence-electron chi connectivity index (χ4n) is 2.22. The molecule has 2 aromatic heterocycles. The van der Waals surface area contributed by atoms with Crippen molar-refractivity contribution in [2.75, 3.05) is 6.61 Å². The van der Waals surface area contributed by atoms with Crippen LogP contribution in [-0.4, -0.2) is 18.7 Å². The number of carbonyl (C=O) groups is 1. The van der Waals surface area contributed by atoms with Crippen LogP contribution in [0.2, 0.25) is 0 Å². The lowest BCUT2D eigenvalue weighted by atomic mass is 10.1. The Morgan fingerprint density at radius 3 is 2.77 bits per heavy atom. The molecule has 114 valence electrons. The average molecular weight is 302 g/mol. The highest BCUT2D eigenvalue weighted by Gasteiger charge is 2.20. The van der Waals surface area contributed by atoms with Gasteiger partial charge in [-0.3, -0.25) is 0 Å². The van der Waals surface area contributed by atoms with Crippen LogP contribution < -0.4 is 10.4 Å². The normalized spacial score (nSPS) is 12.5. The molecule has 0 spiro atoms. The summed E-state index contributed by atoms with van der Waals surface area (Å²) >= 11 is 0. The number of hydrogen-bond acceptors (Lipinski definition) is 6. The highest BCUT2D eigenvalue weighted by Crippen LogP contribution is 2.35. The van der Waals surface area contributed by atoms with E-state index >= 15 is 0 Å². The Morgan fingerprint density at radius 2 is 2.00 bits per heavy atom. The summed E-state index contributed by atoms with van der Waals surface area (Å²) in [6.07, 6.45) is 0.708. The van der Waals surface area contributed by atoms with Crippen LogP contribution >= 0.6 is 0 Å². The monoisotopic (exact) mass is 302 g/mol. The molecule has 3 rings (SSSR count). The van der Waals surface area contributed by atoms with Crippen molar-refractivity contribution in [3.8, 4) is 5.75 Å². The Hall–Kier alpha value is -2.76. The van der Waals surface area contributed by atoms with Crippen molar-refractivity contribution in [1.29, 1.82) is 0 Å². The summed E-state index contributed by atoms with van der Waals surface area (Å²) in [5, 5.41) is 1.28. The minimum atomic E-state index is -0.796. The number of esters is 1. The molecule has 1 atom stereocenters. The Balaban J connectivity index is 2.14. The van der Waals surface area contributed by atoms with Crippen molar-refractivity contribution >= 4 is 27.9 Å². The van der Waals surface area contributed by atoms with Crippen molar-refractivity contribution in [2.45, 2.75) is 20.0 Å². The van der Waals surface area contributed by atoms with Gasteiger partial charge in [-0.25, -0.2) is 9.59 Å². The summed E-state index contributed by atoms with van der Waals surface area (Å²) in [6, 6.07) is 6.25. The van der Waals surface area contributed by atoms with E-state index in [0.717, 1.165) is 0 Å². The van der Waals surface area contributed by atoms with Gasteiger partial charge in [0.15, 0.2) is 6.10 Å². The molecule has 22 heavy (non-hydrogen) atoms. The lowest BCUT2D eigenvalue weighted by Gasteiger charge is -2.15. The van der Waals surface area contributed by atoms with E-state index in [1.807, 2.05) is 0 Å². The van der Waals surface area contributed by atoms with Crippen LogP contribution in [-0.2, 0) is 9.53 Å². The molecule has 3 aromatic rings. The number of rotatable bonds is 4. The molecule has 0 amide bonds. The molecule has 0 aliphatic rings. The fraction of sp³-hybridized carbons (Fsp3) is 0.250. The second-order valence-electron chi connectivity index (χ2n) is 4.72. The van der Waals surface area contributed by atoms with Gasteiger partial charge in [-0.15, -0.1) is 0 Å². The van der Waals surface area contributed by atoms with Gasteiger partial charge in [0.05, 0.1) is 23.6 Å². The number of ether oxygens (including phenoxy) is 2. The molecule has 0 aliphatic carbocycles. The Labute approximate surface area is 125 Å². The summed E-state index contributed by atoms with van der Waals surface area (Å²) in [5.41, 5.74) is 0.372. The Morgan fingerprint density at radius 1 is 1.23 bits per heavy atom. The van der Waals surface area contributed by atoms with E-state index in [1.165, 1.54) is 12.3 Å². The molecule has 0 bridgehead atoms. The third kappa shape index (κ3) is 2.43. The first-order valence-electron chi connectivity index (χ1n) is 6.87. The predicted octanol–water partition coefficient (Wildman–Crippen LogP) is 2.87. The minimum Gasteiger partial charge on any atom is -0.477 e. The first-order chi connectivity index (χ1) is 10.6. The lowest BCUT2D eigenvalue weighted by molar-refractivity contribution is -0.150. The van der Waals surface area contributed by atoms with E-state index in [1.54, 1.807) is 32.0 Å². The molecular formula is C16H14O6. The van der Waals surface area contributed by atoms with Crippen molar-refractivity contribution < 1.29 is 23.1 Å². The molecule has 1 aromatic carbocycles. The molecule has 0 N–H and O–H groups in total. The average Bonchev–Trinajstić information content (AvgIpc) is 2.94. The maximum atomic E-state index is 11.8. The predicted molar refractivity (Wildman–Crippen MR) is 79.0 cm³/mol. The van der Waals surface area contributed by atoms with Gasteiger partial charge >= 0.3 is 11.6 Å². The Kier molecular flexibility index (Phi) is 3.58. The van der Waals surface area contributed by atoms with Crippen molar-refractivity contribution in [3.05, 3.63) is 40.9 Å². The van der Waals surface area contributed by atoms with Crippen LogP contribution in [0.5, 0.6) is 5.75 Å². The zero-order valence-corrected chi connectivity index (χ0v) is 12.1. The zero-order chi connectivity index (χ0) is 15.7. The fourth-order valence-corrected chi connectivity index (χ4v) is 2.22. The second kappa shape index (κ2) is 5.55. The topological polar surface area (TPSA) is 78.9 Å². The van der Waals surface area contributed by atoms with Gasteiger partial charge in [-0.2, -0.15) is 0 Å². The summed E-state index contributed by atoms with van der Waals surface area (Å²) < 4.78 is 21.2. The number of furan rings is 1. The smallest absolute Gasteiger partial charge is 0.347 e. The van der Waals surface area contributed by atoms with Crippen molar-refractivity contribution in [1.82, 2.24) is 0 Å². The van der Waals surface area contributed by atoms with Crippen LogP contribution in [0.4, 0.5) is 0 Å². The quantitative estimate of drug-likeness (QED) is 0.544. The first-order valence-corrected chi connectivity index (χ1v) is 6.87. The van der Waals surface area contributed by atoms with E-state index in [2.05, 4.69) is 0 Å². The molecule has 2 heterocycles. The lowest BCUT2D eigenvalue weighted by Crippen LogP contribution is -2.26. The van der Waals surface area contributed by atoms with Gasteiger partial charge in [-0.1, -0.05) is 0 Å².